The first-order chi connectivity index (χ1) is 13.1. The van der Waals surface area contributed by atoms with E-state index in [0.717, 1.165) is 39.3 Å². The number of halogens is 4. The minimum Gasteiger partial charge on any atom is -0.475 e. The molecule has 0 bridgehead atoms. The van der Waals surface area contributed by atoms with E-state index in [1.165, 1.54) is 4.88 Å². The van der Waals surface area contributed by atoms with E-state index in [4.69, 9.17) is 9.90 Å². The second kappa shape index (κ2) is 9.34. The molecule has 0 spiro atoms. The summed E-state index contributed by atoms with van der Waals surface area (Å²) in [5.74, 6) is -2.76. The van der Waals surface area contributed by atoms with Gasteiger partial charge in [0.2, 0.25) is 0 Å². The van der Waals surface area contributed by atoms with E-state index in [2.05, 4.69) is 61.5 Å². The number of aliphatic carboxylic acids is 1. The van der Waals surface area contributed by atoms with Gasteiger partial charge in [-0.05, 0) is 48.2 Å². The summed E-state index contributed by atoms with van der Waals surface area (Å²) in [6.07, 6.45) is -3.13. The lowest BCUT2D eigenvalue weighted by Gasteiger charge is -2.06. The van der Waals surface area contributed by atoms with Crippen molar-refractivity contribution in [2.45, 2.75) is 19.3 Å². The predicted molar refractivity (Wildman–Crippen MR) is 104 cm³/mol. The van der Waals surface area contributed by atoms with Gasteiger partial charge in [0.05, 0.1) is 12.1 Å². The molecule has 2 aromatic heterocycles. The van der Waals surface area contributed by atoms with Crippen LogP contribution in [0.3, 0.4) is 0 Å². The van der Waals surface area contributed by atoms with Gasteiger partial charge in [0.1, 0.15) is 9.61 Å². The molecule has 0 saturated heterocycles. The molecule has 1 aromatic carbocycles. The lowest BCUT2D eigenvalue weighted by molar-refractivity contribution is -0.192. The van der Waals surface area contributed by atoms with Crippen LogP contribution in [0.5, 0.6) is 0 Å². The Hall–Kier alpha value is -2.18. The molecule has 0 aliphatic carbocycles. The second-order valence-electron chi connectivity index (χ2n) is 5.88. The molecule has 3 rings (SSSR count). The lowest BCUT2D eigenvalue weighted by Crippen LogP contribution is -2.21. The van der Waals surface area contributed by atoms with E-state index in [-0.39, 0.29) is 0 Å². The van der Waals surface area contributed by atoms with Gasteiger partial charge in [-0.25, -0.2) is 9.78 Å². The molecule has 0 saturated carbocycles. The molecule has 3 aromatic rings. The highest BCUT2D eigenvalue weighted by Crippen LogP contribution is 2.25. The van der Waals surface area contributed by atoms with Gasteiger partial charge in [-0.3, -0.25) is 5.10 Å². The van der Waals surface area contributed by atoms with Crippen LogP contribution in [0.4, 0.5) is 18.9 Å². The number of thiazole rings is 1. The maximum absolute atomic E-state index is 10.6. The van der Waals surface area contributed by atoms with Crippen molar-refractivity contribution in [2.75, 3.05) is 19.4 Å². The van der Waals surface area contributed by atoms with Crippen LogP contribution in [0.2, 0.25) is 0 Å². The minimum atomic E-state index is -5.08. The topological polar surface area (TPSA) is 94.1 Å². The van der Waals surface area contributed by atoms with E-state index < -0.39 is 12.1 Å². The number of anilines is 1. The molecule has 7 nitrogen and oxygen atoms in total. The zero-order valence-electron chi connectivity index (χ0n) is 14.8. The average Bonchev–Trinajstić information content (AvgIpc) is 3.19. The maximum atomic E-state index is 10.6. The van der Waals surface area contributed by atoms with Gasteiger partial charge < -0.3 is 15.3 Å². The Balaban J connectivity index is 0.000000345. The standard InChI is InChI=1S/C14H16BrN5S.C2HF3O2/c1-20(2)8-10-6-17-13(21-10)7-16-9-3-4-12-11(5-9)14(15)19-18-12;3-2(4,5)1(6)7/h3-6,16H,7-8H2,1-2H3,(H,18,19);(H,6,7). The molecule has 0 aliphatic rings. The Labute approximate surface area is 170 Å². The second-order valence-corrected chi connectivity index (χ2v) is 7.88. The van der Waals surface area contributed by atoms with Crippen molar-refractivity contribution in [3.05, 3.63) is 38.9 Å². The highest BCUT2D eigenvalue weighted by molar-refractivity contribution is 9.10. The predicted octanol–water partition coefficient (Wildman–Crippen LogP) is 4.09. The lowest BCUT2D eigenvalue weighted by atomic mass is 10.2. The van der Waals surface area contributed by atoms with Gasteiger partial charge in [-0.2, -0.15) is 18.3 Å². The Bertz CT molecular complexity index is 942. The van der Waals surface area contributed by atoms with Crippen molar-refractivity contribution in [3.63, 3.8) is 0 Å². The van der Waals surface area contributed by atoms with E-state index in [9.17, 15) is 13.2 Å². The molecule has 2 heterocycles. The van der Waals surface area contributed by atoms with Crippen molar-refractivity contribution in [3.8, 4) is 0 Å². The summed E-state index contributed by atoms with van der Waals surface area (Å²) >= 11 is 5.21. The number of benzene rings is 1. The normalized spacial score (nSPS) is 11.4. The third-order valence-corrected chi connectivity index (χ3v) is 4.85. The van der Waals surface area contributed by atoms with Gasteiger partial charge in [0, 0.05) is 28.7 Å². The number of hydrogen-bond donors (Lipinski definition) is 3. The Morgan fingerprint density at radius 2 is 2.07 bits per heavy atom. The van der Waals surface area contributed by atoms with Gasteiger partial charge in [0.15, 0.2) is 0 Å². The number of nitrogens with one attached hydrogen (secondary N) is 2. The van der Waals surface area contributed by atoms with Gasteiger partial charge in [-0.1, -0.05) is 0 Å². The molecular formula is C16H17BrF3N5O2S. The number of aromatic nitrogens is 3. The molecule has 0 amide bonds. The Morgan fingerprint density at radius 1 is 1.39 bits per heavy atom. The molecule has 0 unspecified atom stereocenters. The number of alkyl halides is 3. The fourth-order valence-corrected chi connectivity index (χ4v) is 3.47. The van der Waals surface area contributed by atoms with Gasteiger partial charge in [-0.15, -0.1) is 11.3 Å². The number of carboxylic acids is 1. The van der Waals surface area contributed by atoms with Crippen LogP contribution in [0.1, 0.15) is 9.88 Å². The Kier molecular flexibility index (Phi) is 7.38. The summed E-state index contributed by atoms with van der Waals surface area (Å²) in [7, 11) is 4.13. The maximum Gasteiger partial charge on any atom is 0.490 e. The highest BCUT2D eigenvalue weighted by atomic mass is 79.9. The number of nitrogens with zero attached hydrogens (tertiary/aromatic N) is 3. The van der Waals surface area contributed by atoms with E-state index >= 15 is 0 Å². The first-order valence-electron chi connectivity index (χ1n) is 7.82. The number of rotatable bonds is 5. The molecule has 0 atom stereocenters. The summed E-state index contributed by atoms with van der Waals surface area (Å²) in [5, 5.41) is 19.8. The smallest absolute Gasteiger partial charge is 0.475 e. The molecule has 152 valence electrons. The number of carboxylic acid groups (broad SMARTS) is 1. The molecule has 28 heavy (non-hydrogen) atoms. The number of hydrogen-bond acceptors (Lipinski definition) is 6. The van der Waals surface area contributed by atoms with Crippen LogP contribution in [0, 0.1) is 0 Å². The summed E-state index contributed by atoms with van der Waals surface area (Å²) < 4.78 is 32.6. The van der Waals surface area contributed by atoms with E-state index in [0.29, 0.717) is 0 Å². The molecular weight excluding hydrogens is 463 g/mol. The van der Waals surface area contributed by atoms with Crippen molar-refractivity contribution in [2.24, 2.45) is 0 Å². The quantitative estimate of drug-likeness (QED) is 0.510. The number of carbonyl (C=O) groups is 1. The van der Waals surface area contributed by atoms with E-state index in [1.54, 1.807) is 11.3 Å². The van der Waals surface area contributed by atoms with Crippen molar-refractivity contribution < 1.29 is 23.1 Å². The summed E-state index contributed by atoms with van der Waals surface area (Å²) in [6, 6.07) is 6.11. The largest absolute Gasteiger partial charge is 0.490 e. The van der Waals surface area contributed by atoms with Crippen molar-refractivity contribution in [1.82, 2.24) is 20.1 Å². The van der Waals surface area contributed by atoms with Crippen molar-refractivity contribution in [1.29, 1.82) is 0 Å². The molecule has 0 aliphatic heterocycles. The number of fused-ring (bicyclic) bond motifs is 1. The molecule has 0 fully saturated rings. The van der Waals surface area contributed by atoms with Gasteiger partial charge in [0.25, 0.3) is 0 Å². The minimum absolute atomic E-state index is 0.735. The van der Waals surface area contributed by atoms with Crippen LogP contribution >= 0.6 is 27.3 Å². The van der Waals surface area contributed by atoms with E-state index in [1.807, 2.05) is 18.3 Å². The molecule has 3 N–H and O–H groups in total. The van der Waals surface area contributed by atoms with Crippen LogP contribution in [-0.4, -0.2) is 51.4 Å². The first kappa shape index (κ1) is 22.1. The monoisotopic (exact) mass is 479 g/mol. The fraction of sp³-hybridized carbons (Fsp3) is 0.312. The molecule has 0 radical (unpaired) electrons. The van der Waals surface area contributed by atoms with Crippen LogP contribution in [0.15, 0.2) is 29.0 Å². The zero-order valence-corrected chi connectivity index (χ0v) is 17.2. The van der Waals surface area contributed by atoms with Gasteiger partial charge >= 0.3 is 12.1 Å². The third kappa shape index (κ3) is 6.46. The third-order valence-electron chi connectivity index (χ3n) is 3.27. The highest BCUT2D eigenvalue weighted by Gasteiger charge is 2.38. The number of aromatic amines is 1. The van der Waals surface area contributed by atoms with Crippen LogP contribution < -0.4 is 5.32 Å². The Morgan fingerprint density at radius 3 is 2.68 bits per heavy atom. The van der Waals surface area contributed by atoms with Crippen LogP contribution in [0.25, 0.3) is 10.9 Å². The zero-order chi connectivity index (χ0) is 20.9. The van der Waals surface area contributed by atoms with Crippen LogP contribution in [-0.2, 0) is 17.9 Å². The average molecular weight is 480 g/mol. The fourth-order valence-electron chi connectivity index (χ4n) is 2.08. The number of H-pyrrole nitrogens is 1. The summed E-state index contributed by atoms with van der Waals surface area (Å²) in [4.78, 5) is 16.8. The van der Waals surface area contributed by atoms with Crippen molar-refractivity contribution >= 4 is 49.8 Å². The summed E-state index contributed by atoms with van der Waals surface area (Å²) in [5.41, 5.74) is 2.02. The first-order valence-corrected chi connectivity index (χ1v) is 9.43. The molecule has 12 heteroatoms. The summed E-state index contributed by atoms with van der Waals surface area (Å²) in [6.45, 7) is 1.67. The SMILES string of the molecule is CN(C)Cc1cnc(CNc2ccc3n[nH]c(Br)c3c2)s1.O=C(O)C(F)(F)F.